The summed E-state index contributed by atoms with van der Waals surface area (Å²) in [5, 5.41) is 3.44. The standard InChI is InChI=1S/C12H21N3/c1-12(2,5-6-13)10-15-9-11-3-7-14-8-4-11/h3-4,7-8,15H,5-6,9-10,13H2,1-2H3. The van der Waals surface area contributed by atoms with Crippen molar-refractivity contribution in [1.82, 2.24) is 10.3 Å². The lowest BCUT2D eigenvalue weighted by molar-refractivity contribution is 0.319. The molecule has 0 amide bonds. The van der Waals surface area contributed by atoms with Gasteiger partial charge < -0.3 is 11.1 Å². The molecule has 3 N–H and O–H groups in total. The number of aromatic nitrogens is 1. The number of hydrogen-bond donors (Lipinski definition) is 2. The molecule has 1 heterocycles. The number of pyridine rings is 1. The van der Waals surface area contributed by atoms with E-state index in [1.54, 1.807) is 0 Å². The molecule has 0 bridgehead atoms. The summed E-state index contributed by atoms with van der Waals surface area (Å²) < 4.78 is 0. The van der Waals surface area contributed by atoms with Crippen LogP contribution in [0.15, 0.2) is 24.5 Å². The summed E-state index contributed by atoms with van der Waals surface area (Å²) in [4.78, 5) is 3.99. The predicted octanol–water partition coefficient (Wildman–Crippen LogP) is 1.55. The first-order valence-electron chi connectivity index (χ1n) is 5.44. The molecule has 15 heavy (non-hydrogen) atoms. The van der Waals surface area contributed by atoms with E-state index in [0.717, 1.165) is 26.1 Å². The Labute approximate surface area is 92.1 Å². The molecule has 1 rings (SSSR count). The number of hydrogen-bond acceptors (Lipinski definition) is 3. The first-order chi connectivity index (χ1) is 7.14. The van der Waals surface area contributed by atoms with Crippen molar-refractivity contribution in [2.75, 3.05) is 13.1 Å². The maximum Gasteiger partial charge on any atom is 0.0271 e. The van der Waals surface area contributed by atoms with E-state index in [9.17, 15) is 0 Å². The van der Waals surface area contributed by atoms with E-state index in [1.165, 1.54) is 5.56 Å². The van der Waals surface area contributed by atoms with Gasteiger partial charge in [-0.05, 0) is 36.1 Å². The van der Waals surface area contributed by atoms with Gasteiger partial charge in [0.2, 0.25) is 0 Å². The first-order valence-corrected chi connectivity index (χ1v) is 5.44. The third kappa shape index (κ3) is 4.91. The summed E-state index contributed by atoms with van der Waals surface area (Å²) in [5.74, 6) is 0. The molecule has 0 unspecified atom stereocenters. The van der Waals surface area contributed by atoms with Crippen LogP contribution in [-0.4, -0.2) is 18.1 Å². The quantitative estimate of drug-likeness (QED) is 0.744. The van der Waals surface area contributed by atoms with Crippen LogP contribution in [0.4, 0.5) is 0 Å². The maximum atomic E-state index is 5.56. The highest BCUT2D eigenvalue weighted by Gasteiger charge is 2.15. The van der Waals surface area contributed by atoms with Crippen LogP contribution in [0.1, 0.15) is 25.8 Å². The normalized spacial score (nSPS) is 11.7. The molecule has 1 aromatic heterocycles. The molecule has 3 nitrogen and oxygen atoms in total. The van der Waals surface area contributed by atoms with E-state index in [0.29, 0.717) is 0 Å². The van der Waals surface area contributed by atoms with E-state index in [1.807, 2.05) is 24.5 Å². The number of rotatable bonds is 6. The van der Waals surface area contributed by atoms with E-state index >= 15 is 0 Å². The average Bonchev–Trinajstić information content (AvgIpc) is 2.19. The van der Waals surface area contributed by atoms with Gasteiger partial charge in [0, 0.05) is 25.5 Å². The van der Waals surface area contributed by atoms with Gasteiger partial charge in [-0.1, -0.05) is 13.8 Å². The Bertz CT molecular complexity index is 269. The molecule has 0 aromatic carbocycles. The van der Waals surface area contributed by atoms with E-state index < -0.39 is 0 Å². The van der Waals surface area contributed by atoms with E-state index in [-0.39, 0.29) is 5.41 Å². The Kier molecular flexibility index (Phi) is 4.72. The predicted molar refractivity (Wildman–Crippen MR) is 63.4 cm³/mol. The van der Waals surface area contributed by atoms with Crippen molar-refractivity contribution < 1.29 is 0 Å². The Hall–Kier alpha value is -0.930. The Morgan fingerprint density at radius 3 is 2.60 bits per heavy atom. The fourth-order valence-corrected chi connectivity index (χ4v) is 1.52. The molecule has 0 radical (unpaired) electrons. The molecule has 0 atom stereocenters. The number of nitrogens with two attached hydrogens (primary N) is 1. The highest BCUT2D eigenvalue weighted by molar-refractivity contribution is 5.09. The fraction of sp³-hybridized carbons (Fsp3) is 0.583. The SMILES string of the molecule is CC(C)(CCN)CNCc1ccncc1. The number of nitrogens with zero attached hydrogens (tertiary/aromatic N) is 1. The molecular weight excluding hydrogens is 186 g/mol. The smallest absolute Gasteiger partial charge is 0.0271 e. The van der Waals surface area contributed by atoms with Crippen molar-refractivity contribution >= 4 is 0 Å². The van der Waals surface area contributed by atoms with Crippen LogP contribution in [-0.2, 0) is 6.54 Å². The van der Waals surface area contributed by atoms with Gasteiger partial charge in [-0.25, -0.2) is 0 Å². The molecule has 0 saturated carbocycles. The summed E-state index contributed by atoms with van der Waals surface area (Å²) in [6.07, 6.45) is 4.69. The molecule has 0 aliphatic heterocycles. The fourth-order valence-electron chi connectivity index (χ4n) is 1.52. The van der Waals surface area contributed by atoms with E-state index in [4.69, 9.17) is 5.73 Å². The number of nitrogens with one attached hydrogen (secondary N) is 1. The lowest BCUT2D eigenvalue weighted by Gasteiger charge is -2.24. The lowest BCUT2D eigenvalue weighted by Crippen LogP contribution is -2.30. The van der Waals surface area contributed by atoms with Crippen LogP contribution in [0, 0.1) is 5.41 Å². The van der Waals surface area contributed by atoms with E-state index in [2.05, 4.69) is 24.1 Å². The molecule has 3 heteroatoms. The summed E-state index contributed by atoms with van der Waals surface area (Å²) in [6, 6.07) is 4.06. The molecule has 0 aliphatic rings. The van der Waals surface area contributed by atoms with Gasteiger partial charge in [0.15, 0.2) is 0 Å². The van der Waals surface area contributed by atoms with Crippen LogP contribution in [0.2, 0.25) is 0 Å². The zero-order valence-electron chi connectivity index (χ0n) is 9.66. The Morgan fingerprint density at radius 2 is 2.00 bits per heavy atom. The van der Waals surface area contributed by atoms with Gasteiger partial charge in [-0.2, -0.15) is 0 Å². The lowest BCUT2D eigenvalue weighted by atomic mass is 9.89. The highest BCUT2D eigenvalue weighted by atomic mass is 14.9. The van der Waals surface area contributed by atoms with Crippen molar-refractivity contribution in [3.63, 3.8) is 0 Å². The van der Waals surface area contributed by atoms with Crippen molar-refractivity contribution in [2.24, 2.45) is 11.1 Å². The minimum Gasteiger partial charge on any atom is -0.330 e. The van der Waals surface area contributed by atoms with Gasteiger partial charge in [0.25, 0.3) is 0 Å². The van der Waals surface area contributed by atoms with Gasteiger partial charge in [0.1, 0.15) is 0 Å². The summed E-state index contributed by atoms with van der Waals surface area (Å²) in [7, 11) is 0. The highest BCUT2D eigenvalue weighted by Crippen LogP contribution is 2.17. The summed E-state index contributed by atoms with van der Waals surface area (Å²) in [6.45, 7) is 7.12. The van der Waals surface area contributed by atoms with Crippen molar-refractivity contribution in [3.05, 3.63) is 30.1 Å². The topological polar surface area (TPSA) is 50.9 Å². The summed E-state index contributed by atoms with van der Waals surface area (Å²) in [5.41, 5.74) is 7.11. The second-order valence-electron chi connectivity index (χ2n) is 4.66. The Morgan fingerprint density at radius 1 is 1.33 bits per heavy atom. The monoisotopic (exact) mass is 207 g/mol. The minimum atomic E-state index is 0.280. The van der Waals surface area contributed by atoms with Crippen LogP contribution in [0.5, 0.6) is 0 Å². The Balaban J connectivity index is 2.27. The van der Waals surface area contributed by atoms with Gasteiger partial charge >= 0.3 is 0 Å². The zero-order valence-corrected chi connectivity index (χ0v) is 9.66. The third-order valence-corrected chi connectivity index (χ3v) is 2.50. The minimum absolute atomic E-state index is 0.280. The van der Waals surface area contributed by atoms with Gasteiger partial charge in [-0.15, -0.1) is 0 Å². The van der Waals surface area contributed by atoms with Gasteiger partial charge in [-0.3, -0.25) is 4.98 Å². The molecule has 0 spiro atoms. The second kappa shape index (κ2) is 5.83. The van der Waals surface area contributed by atoms with Crippen LogP contribution >= 0.6 is 0 Å². The van der Waals surface area contributed by atoms with Crippen LogP contribution in [0.25, 0.3) is 0 Å². The molecule has 0 aliphatic carbocycles. The van der Waals surface area contributed by atoms with Crippen molar-refractivity contribution in [1.29, 1.82) is 0 Å². The average molecular weight is 207 g/mol. The maximum absolute atomic E-state index is 5.56. The second-order valence-corrected chi connectivity index (χ2v) is 4.66. The van der Waals surface area contributed by atoms with Crippen LogP contribution < -0.4 is 11.1 Å². The molecule has 1 aromatic rings. The largest absolute Gasteiger partial charge is 0.330 e. The zero-order chi connectivity index (χ0) is 11.1. The molecular formula is C12H21N3. The van der Waals surface area contributed by atoms with Crippen molar-refractivity contribution in [3.8, 4) is 0 Å². The first kappa shape index (κ1) is 12.1. The van der Waals surface area contributed by atoms with Crippen LogP contribution in [0.3, 0.4) is 0 Å². The van der Waals surface area contributed by atoms with Crippen molar-refractivity contribution in [2.45, 2.75) is 26.8 Å². The summed E-state index contributed by atoms with van der Waals surface area (Å²) >= 11 is 0. The molecule has 0 saturated heterocycles. The molecule has 84 valence electrons. The third-order valence-electron chi connectivity index (χ3n) is 2.50. The molecule has 0 fully saturated rings. The van der Waals surface area contributed by atoms with Gasteiger partial charge in [0.05, 0.1) is 0 Å².